The number of aliphatic carboxylic acids is 1. The van der Waals surface area contributed by atoms with Crippen molar-refractivity contribution in [2.75, 3.05) is 13.2 Å². The van der Waals surface area contributed by atoms with Crippen LogP contribution in [0, 0.1) is 5.92 Å². The number of hydrogen-bond donors (Lipinski definition) is 13. The molecule has 0 saturated carbocycles. The van der Waals surface area contributed by atoms with Gasteiger partial charge in [-0.1, -0.05) is 62.4 Å². The minimum Gasteiger partial charge on any atom is -0.480 e. The summed E-state index contributed by atoms with van der Waals surface area (Å²) in [6.45, 7) is 2.44. The molecule has 1 aliphatic rings. The number of benzene rings is 2. The monoisotopic (exact) mass is 1000 g/mol. The Hall–Kier alpha value is -7.93. The number of carboxylic acid groups (broad SMARTS) is 1. The van der Waals surface area contributed by atoms with E-state index >= 15 is 0 Å². The maximum atomic E-state index is 14.1. The smallest absolute Gasteiger partial charge is 0.326 e. The maximum Gasteiger partial charge on any atom is 0.326 e. The van der Waals surface area contributed by atoms with Gasteiger partial charge in [-0.05, 0) is 48.8 Å². The average molecular weight is 1010 g/mol. The van der Waals surface area contributed by atoms with E-state index in [0.29, 0.717) is 16.5 Å². The van der Waals surface area contributed by atoms with Crippen molar-refractivity contribution in [3.8, 4) is 0 Å². The predicted octanol–water partition coefficient (Wildman–Crippen LogP) is -3.68. The Kier molecular flexibility index (Phi) is 21.2. The number of H-pyrrole nitrogens is 1. The fraction of sp³-hybridized carbons (Fsp3) is 0.468. The molecule has 25 heteroatoms. The molecule has 0 unspecified atom stereocenters. The first-order valence-corrected chi connectivity index (χ1v) is 23.2. The molecule has 3 aromatic rings. The van der Waals surface area contributed by atoms with Gasteiger partial charge in [0.25, 0.3) is 0 Å². The van der Waals surface area contributed by atoms with Gasteiger partial charge < -0.3 is 74.9 Å². The molecular formula is C47H64N12O13. The van der Waals surface area contributed by atoms with Crippen LogP contribution in [0.5, 0.6) is 0 Å². The number of carboxylic acids is 1. The number of para-hydroxylation sites is 1. The molecule has 0 bridgehead atoms. The van der Waals surface area contributed by atoms with E-state index in [1.54, 1.807) is 74.6 Å². The summed E-state index contributed by atoms with van der Waals surface area (Å²) < 4.78 is 0. The van der Waals surface area contributed by atoms with Crippen molar-refractivity contribution in [2.45, 2.75) is 120 Å². The molecule has 8 atom stereocenters. The van der Waals surface area contributed by atoms with Gasteiger partial charge in [-0.3, -0.25) is 47.9 Å². The molecule has 2 heterocycles. The van der Waals surface area contributed by atoms with Crippen LogP contribution in [0.25, 0.3) is 10.9 Å². The number of aliphatic hydroxyl groups excluding tert-OH is 1. The molecule has 0 aliphatic carbocycles. The van der Waals surface area contributed by atoms with Crippen molar-refractivity contribution in [3.63, 3.8) is 0 Å². The van der Waals surface area contributed by atoms with Gasteiger partial charge in [0.15, 0.2) is 0 Å². The molecule has 72 heavy (non-hydrogen) atoms. The van der Waals surface area contributed by atoms with Crippen molar-refractivity contribution < 1.29 is 63.0 Å². The third kappa shape index (κ3) is 16.9. The van der Waals surface area contributed by atoms with Gasteiger partial charge in [0.05, 0.1) is 25.5 Å². The highest BCUT2D eigenvalue weighted by atomic mass is 16.4. The Morgan fingerprint density at radius 1 is 0.667 bits per heavy atom. The lowest BCUT2D eigenvalue weighted by molar-refractivity contribution is -0.144. The van der Waals surface area contributed by atoms with Crippen LogP contribution in [0.2, 0.25) is 0 Å². The summed E-state index contributed by atoms with van der Waals surface area (Å²) in [5.74, 6) is -11.0. The first-order chi connectivity index (χ1) is 34.1. The van der Waals surface area contributed by atoms with Crippen LogP contribution in [-0.2, 0) is 65.6 Å². The number of nitrogens with two attached hydrogens (primary N) is 4. The average Bonchev–Trinajstić information content (AvgIpc) is 3.99. The number of aromatic nitrogens is 1. The van der Waals surface area contributed by atoms with E-state index in [0.717, 1.165) is 10.4 Å². The summed E-state index contributed by atoms with van der Waals surface area (Å²) in [6, 6.07) is 3.39. The minimum atomic E-state index is -1.72. The molecule has 0 spiro atoms. The van der Waals surface area contributed by atoms with Gasteiger partial charge in [-0.25, -0.2) is 4.79 Å². The number of amides is 10. The molecule has 390 valence electrons. The van der Waals surface area contributed by atoms with E-state index in [2.05, 4.69) is 36.9 Å². The number of carbonyl (C=O) groups is 11. The van der Waals surface area contributed by atoms with Crippen molar-refractivity contribution in [3.05, 3.63) is 71.9 Å². The van der Waals surface area contributed by atoms with E-state index in [1.165, 1.54) is 0 Å². The lowest BCUT2D eigenvalue weighted by Gasteiger charge is -2.30. The zero-order valence-electron chi connectivity index (χ0n) is 39.9. The van der Waals surface area contributed by atoms with E-state index in [1.807, 2.05) is 0 Å². The molecule has 0 radical (unpaired) electrons. The van der Waals surface area contributed by atoms with E-state index < -0.39 is 133 Å². The number of rotatable bonds is 28. The number of fused-ring (bicyclic) bond motifs is 1. The second-order valence-corrected chi connectivity index (χ2v) is 17.9. The molecule has 1 aliphatic heterocycles. The molecule has 10 amide bonds. The molecular weight excluding hydrogens is 941 g/mol. The number of primary amides is 3. The molecule has 1 saturated heterocycles. The Balaban J connectivity index is 1.50. The Labute approximate surface area is 413 Å². The van der Waals surface area contributed by atoms with Gasteiger partial charge in [-0.15, -0.1) is 0 Å². The molecule has 1 aromatic heterocycles. The summed E-state index contributed by atoms with van der Waals surface area (Å²) in [4.78, 5) is 148. The number of carbonyl (C=O) groups excluding carboxylic acids is 10. The maximum absolute atomic E-state index is 14.1. The zero-order chi connectivity index (χ0) is 53.2. The molecule has 4 rings (SSSR count). The first kappa shape index (κ1) is 56.7. The summed E-state index contributed by atoms with van der Waals surface area (Å²) in [5, 5.41) is 35.8. The predicted molar refractivity (Wildman–Crippen MR) is 257 cm³/mol. The third-order valence-corrected chi connectivity index (χ3v) is 11.7. The first-order valence-electron chi connectivity index (χ1n) is 23.2. The number of nitrogens with one attached hydrogen (secondary N) is 7. The van der Waals surface area contributed by atoms with Crippen LogP contribution in [0.15, 0.2) is 60.8 Å². The quantitative estimate of drug-likeness (QED) is 0.0334. The largest absolute Gasteiger partial charge is 0.480 e. The normalized spacial score (nSPS) is 16.2. The zero-order valence-corrected chi connectivity index (χ0v) is 39.9. The molecule has 17 N–H and O–H groups in total. The van der Waals surface area contributed by atoms with Gasteiger partial charge in [0.2, 0.25) is 59.1 Å². The Morgan fingerprint density at radius 3 is 1.81 bits per heavy atom. The van der Waals surface area contributed by atoms with Crippen molar-refractivity contribution in [1.82, 2.24) is 41.8 Å². The molecule has 2 aromatic carbocycles. The Morgan fingerprint density at radius 2 is 1.21 bits per heavy atom. The summed E-state index contributed by atoms with van der Waals surface area (Å²) in [5.41, 5.74) is 23.7. The highest BCUT2D eigenvalue weighted by molar-refractivity contribution is 5.99. The lowest BCUT2D eigenvalue weighted by Crippen LogP contribution is -2.61. The second-order valence-electron chi connectivity index (χ2n) is 17.9. The van der Waals surface area contributed by atoms with Gasteiger partial charge in [0.1, 0.15) is 42.3 Å². The van der Waals surface area contributed by atoms with Crippen LogP contribution in [0.4, 0.5) is 0 Å². The van der Waals surface area contributed by atoms with Gasteiger partial charge >= 0.3 is 5.97 Å². The van der Waals surface area contributed by atoms with Gasteiger partial charge in [0, 0.05) is 42.9 Å². The van der Waals surface area contributed by atoms with Crippen LogP contribution in [-0.4, -0.2) is 147 Å². The van der Waals surface area contributed by atoms with Crippen LogP contribution < -0.4 is 54.8 Å². The lowest BCUT2D eigenvalue weighted by atomic mass is 10.0. The third-order valence-electron chi connectivity index (χ3n) is 11.7. The van der Waals surface area contributed by atoms with Crippen LogP contribution in [0.1, 0.15) is 69.9 Å². The van der Waals surface area contributed by atoms with Crippen LogP contribution in [0.3, 0.4) is 0 Å². The SMILES string of the molecule is CC(C)C[C@H](NC(=O)[C@@H](N)CCC(N)=O)C(=O)N[C@@H](CC(N)=O)C(=O)N[C@@H](Cc1ccccc1)C(=O)N[C@@H](CO)C(=O)N1CCC[C@H]1C(=O)N[C@@H](CC(N)=O)C(=O)N[C@@H](Cc1c[nH]c2ccccc12)C(=O)O. The summed E-state index contributed by atoms with van der Waals surface area (Å²) in [7, 11) is 0. The molecule has 25 nitrogen and oxygen atoms in total. The number of likely N-dealkylation sites (tertiary alicyclic amines) is 1. The number of aliphatic hydroxyl groups is 1. The number of nitrogens with zero attached hydrogens (tertiary/aromatic N) is 1. The van der Waals surface area contributed by atoms with E-state index in [9.17, 15) is 63.0 Å². The van der Waals surface area contributed by atoms with E-state index in [-0.39, 0.29) is 57.4 Å². The van der Waals surface area contributed by atoms with Crippen molar-refractivity contribution in [1.29, 1.82) is 0 Å². The fourth-order valence-corrected chi connectivity index (χ4v) is 8.06. The topological polar surface area (TPSA) is 424 Å². The number of hydrogen-bond acceptors (Lipinski definition) is 13. The number of aromatic amines is 1. The van der Waals surface area contributed by atoms with Crippen LogP contribution >= 0.6 is 0 Å². The second kappa shape index (κ2) is 26.9. The van der Waals surface area contributed by atoms with Gasteiger partial charge in [-0.2, -0.15) is 0 Å². The summed E-state index contributed by atoms with van der Waals surface area (Å²) >= 11 is 0. The highest BCUT2D eigenvalue weighted by Crippen LogP contribution is 2.21. The standard InChI is InChI=1S/C47H64N12O13/c1-24(2)17-30(53-40(64)28(48)14-15-37(49)61)41(65)55-32(20-38(50)62)43(67)54-31(18-25-9-4-3-5-10-25)42(66)58-35(23-60)46(70)59-16-8-13-36(59)45(69)56-33(21-39(51)63)44(68)57-34(47(71)72)19-26-22-52-29-12-7-6-11-27(26)29/h3-7,9-12,22,24,28,30-36,52,60H,8,13-21,23,48H2,1-2H3,(H2,49,61)(H2,50,62)(H2,51,63)(H,53,64)(H,54,67)(H,55,65)(H,56,69)(H,57,68)(H,58,66)(H,71,72)/t28-,30-,31-,32-,33-,34-,35-,36-/m0/s1. The summed E-state index contributed by atoms with van der Waals surface area (Å²) in [6.07, 6.45) is -0.281. The minimum absolute atomic E-state index is 0.0381. The molecule has 1 fully saturated rings. The van der Waals surface area contributed by atoms with Crippen molar-refractivity contribution in [2.24, 2.45) is 28.9 Å². The van der Waals surface area contributed by atoms with E-state index in [4.69, 9.17) is 22.9 Å². The van der Waals surface area contributed by atoms with Crippen molar-refractivity contribution >= 4 is 75.9 Å². The highest BCUT2D eigenvalue weighted by Gasteiger charge is 2.40. The fourth-order valence-electron chi connectivity index (χ4n) is 8.06. The Bertz CT molecular complexity index is 2470.